The first-order chi connectivity index (χ1) is 20.3. The van der Waals surface area contributed by atoms with Crippen molar-refractivity contribution in [2.45, 2.75) is 71.0 Å². The average Bonchev–Trinajstić information content (AvgIpc) is 3.44. The SMILES string of the molecule is CC(C)C[C@@H]1NC(=O)[C@@H](NC(=O)OCc2ccccc2)Cc2ccc(cc2)OCc2cn(nn2)CC[C@@H](C=O)NC1=O. The summed E-state index contributed by atoms with van der Waals surface area (Å²) in [7, 11) is 0. The zero-order valence-electron chi connectivity index (χ0n) is 23.7. The van der Waals surface area contributed by atoms with E-state index in [0.717, 1.165) is 11.1 Å². The Labute approximate surface area is 244 Å². The highest BCUT2D eigenvalue weighted by Gasteiger charge is 2.29. The fraction of sp³-hybridized carbons (Fsp3) is 0.400. The molecule has 0 fully saturated rings. The number of rotatable bonds is 6. The first-order valence-corrected chi connectivity index (χ1v) is 13.9. The summed E-state index contributed by atoms with van der Waals surface area (Å²) >= 11 is 0. The lowest BCUT2D eigenvalue weighted by Crippen LogP contribution is -2.56. The number of amides is 3. The predicted octanol–water partition coefficient (Wildman–Crippen LogP) is 2.31. The lowest BCUT2D eigenvalue weighted by Gasteiger charge is -2.25. The Kier molecular flexibility index (Phi) is 10.6. The van der Waals surface area contributed by atoms with Gasteiger partial charge in [-0.1, -0.05) is 61.5 Å². The number of alkyl carbamates (subject to hydrolysis) is 1. The molecule has 0 saturated heterocycles. The van der Waals surface area contributed by atoms with Crippen molar-refractivity contribution in [2.75, 3.05) is 0 Å². The van der Waals surface area contributed by atoms with Crippen LogP contribution >= 0.6 is 0 Å². The van der Waals surface area contributed by atoms with Gasteiger partial charge in [0.25, 0.3) is 0 Å². The number of ether oxygens (including phenoxy) is 2. The molecular formula is C30H36N6O6. The van der Waals surface area contributed by atoms with E-state index in [2.05, 4.69) is 26.3 Å². The van der Waals surface area contributed by atoms with Crippen LogP contribution in [0.15, 0.2) is 60.8 Å². The second-order valence-corrected chi connectivity index (χ2v) is 10.6. The third kappa shape index (κ3) is 9.15. The first-order valence-electron chi connectivity index (χ1n) is 13.9. The summed E-state index contributed by atoms with van der Waals surface area (Å²) in [6.45, 7) is 4.40. The second kappa shape index (κ2) is 14.8. The highest BCUT2D eigenvalue weighted by atomic mass is 16.5. The number of fused-ring (bicyclic) bond motifs is 12. The van der Waals surface area contributed by atoms with Gasteiger partial charge in [0.1, 0.15) is 43.0 Å². The van der Waals surface area contributed by atoms with E-state index in [1.165, 1.54) is 0 Å². The highest BCUT2D eigenvalue weighted by Crippen LogP contribution is 2.16. The first kappa shape index (κ1) is 30.2. The molecule has 0 aliphatic carbocycles. The predicted molar refractivity (Wildman–Crippen MR) is 152 cm³/mol. The van der Waals surface area contributed by atoms with Gasteiger partial charge in [-0.25, -0.2) is 4.79 Å². The summed E-state index contributed by atoms with van der Waals surface area (Å²) < 4.78 is 12.8. The van der Waals surface area contributed by atoms with E-state index in [0.29, 0.717) is 30.7 Å². The smallest absolute Gasteiger partial charge is 0.408 e. The number of aryl methyl sites for hydroxylation is 1. The van der Waals surface area contributed by atoms with Crippen LogP contribution in [0.25, 0.3) is 0 Å². The van der Waals surface area contributed by atoms with Crippen molar-refractivity contribution < 1.29 is 28.7 Å². The van der Waals surface area contributed by atoms with Crippen molar-refractivity contribution in [2.24, 2.45) is 5.92 Å². The van der Waals surface area contributed by atoms with Crippen LogP contribution in [0.4, 0.5) is 4.79 Å². The van der Waals surface area contributed by atoms with Gasteiger partial charge in [-0.3, -0.25) is 14.3 Å². The zero-order valence-corrected chi connectivity index (χ0v) is 23.7. The van der Waals surface area contributed by atoms with Crippen molar-refractivity contribution in [1.82, 2.24) is 30.9 Å². The van der Waals surface area contributed by atoms with Crippen molar-refractivity contribution in [3.8, 4) is 5.75 Å². The van der Waals surface area contributed by atoms with E-state index < -0.39 is 36.0 Å². The van der Waals surface area contributed by atoms with Crippen molar-refractivity contribution in [3.63, 3.8) is 0 Å². The molecule has 0 spiro atoms. The van der Waals surface area contributed by atoms with E-state index in [1.807, 2.05) is 44.2 Å². The molecular weight excluding hydrogens is 540 g/mol. The van der Waals surface area contributed by atoms with Crippen LogP contribution in [-0.4, -0.2) is 57.3 Å². The van der Waals surface area contributed by atoms with Gasteiger partial charge in [-0.2, -0.15) is 0 Å². The molecule has 3 aromatic rings. The van der Waals surface area contributed by atoms with E-state index >= 15 is 0 Å². The Morgan fingerprint density at radius 3 is 2.60 bits per heavy atom. The number of benzene rings is 2. The van der Waals surface area contributed by atoms with Crippen molar-refractivity contribution >= 4 is 24.2 Å². The maximum absolute atomic E-state index is 13.6. The van der Waals surface area contributed by atoms with Gasteiger partial charge in [-0.05, 0) is 42.0 Å². The third-order valence-corrected chi connectivity index (χ3v) is 6.66. The van der Waals surface area contributed by atoms with Gasteiger partial charge in [0.15, 0.2) is 0 Å². The number of hydrogen-bond acceptors (Lipinski definition) is 8. The van der Waals surface area contributed by atoms with Crippen molar-refractivity contribution in [1.29, 1.82) is 0 Å². The molecule has 3 atom stereocenters. The summed E-state index contributed by atoms with van der Waals surface area (Å²) in [4.78, 5) is 51.4. The third-order valence-electron chi connectivity index (χ3n) is 6.66. The van der Waals surface area contributed by atoms with Gasteiger partial charge in [-0.15, -0.1) is 5.10 Å². The molecule has 0 radical (unpaired) electrons. The maximum atomic E-state index is 13.6. The van der Waals surface area contributed by atoms with Gasteiger partial charge in [0.05, 0.1) is 12.2 Å². The summed E-state index contributed by atoms with van der Waals surface area (Å²) in [6, 6.07) is 13.5. The number of nitrogens with one attached hydrogen (secondary N) is 3. The number of aldehydes is 1. The van der Waals surface area contributed by atoms with Gasteiger partial charge in [0, 0.05) is 13.0 Å². The van der Waals surface area contributed by atoms with Crippen LogP contribution in [0.3, 0.4) is 0 Å². The molecule has 0 saturated carbocycles. The molecule has 1 aromatic heterocycles. The van der Waals surface area contributed by atoms with E-state index in [9.17, 15) is 19.2 Å². The minimum atomic E-state index is -1.04. The number of nitrogens with zero attached hydrogens (tertiary/aromatic N) is 3. The Bertz CT molecular complexity index is 1340. The zero-order chi connectivity index (χ0) is 29.9. The van der Waals surface area contributed by atoms with Crippen LogP contribution in [0.5, 0.6) is 5.75 Å². The topological polar surface area (TPSA) is 154 Å². The van der Waals surface area contributed by atoms with Crippen LogP contribution in [-0.2, 0) is 45.3 Å². The molecule has 4 bridgehead atoms. The number of carbonyl (C=O) groups excluding carboxylic acids is 4. The van der Waals surface area contributed by atoms with Gasteiger partial charge < -0.3 is 30.2 Å². The molecule has 2 aromatic carbocycles. The van der Waals surface area contributed by atoms with Crippen LogP contribution in [0, 0.1) is 5.92 Å². The monoisotopic (exact) mass is 576 g/mol. The summed E-state index contributed by atoms with van der Waals surface area (Å²) in [5.41, 5.74) is 2.16. The van der Waals surface area contributed by atoms with Gasteiger partial charge in [0.2, 0.25) is 11.8 Å². The van der Waals surface area contributed by atoms with Crippen LogP contribution in [0.1, 0.15) is 43.5 Å². The normalized spacial score (nSPS) is 19.8. The molecule has 222 valence electrons. The number of carbonyl (C=O) groups is 4. The highest BCUT2D eigenvalue weighted by molar-refractivity contribution is 5.92. The lowest BCUT2D eigenvalue weighted by molar-refractivity contribution is -0.131. The van der Waals surface area contributed by atoms with Crippen LogP contribution < -0.4 is 20.7 Å². The Morgan fingerprint density at radius 2 is 1.88 bits per heavy atom. The average molecular weight is 577 g/mol. The Hall–Kier alpha value is -4.74. The molecule has 12 heteroatoms. The molecule has 5 rings (SSSR count). The molecule has 0 unspecified atom stereocenters. The number of aromatic nitrogens is 3. The summed E-state index contributed by atoms with van der Waals surface area (Å²) in [5, 5.41) is 16.3. The summed E-state index contributed by atoms with van der Waals surface area (Å²) in [5.74, 6) is -0.395. The lowest BCUT2D eigenvalue weighted by atomic mass is 10.0. The second-order valence-electron chi connectivity index (χ2n) is 10.6. The molecule has 2 aliphatic rings. The Morgan fingerprint density at radius 1 is 1.12 bits per heavy atom. The molecule has 3 N–H and O–H groups in total. The summed E-state index contributed by atoms with van der Waals surface area (Å²) in [6.07, 6.45) is 2.35. The van der Waals surface area contributed by atoms with E-state index in [1.54, 1.807) is 35.1 Å². The Balaban J connectivity index is 1.56. The number of hydrogen-bond donors (Lipinski definition) is 3. The van der Waals surface area contributed by atoms with Crippen molar-refractivity contribution in [3.05, 3.63) is 77.6 Å². The van der Waals surface area contributed by atoms with Crippen LogP contribution in [0.2, 0.25) is 0 Å². The fourth-order valence-electron chi connectivity index (χ4n) is 4.45. The minimum Gasteiger partial charge on any atom is -0.487 e. The molecule has 3 heterocycles. The molecule has 42 heavy (non-hydrogen) atoms. The quantitative estimate of drug-likeness (QED) is 0.378. The van der Waals surface area contributed by atoms with E-state index in [4.69, 9.17) is 9.47 Å². The minimum absolute atomic E-state index is 0.0337. The van der Waals surface area contributed by atoms with Gasteiger partial charge >= 0.3 is 6.09 Å². The fourth-order valence-corrected chi connectivity index (χ4v) is 4.45. The molecule has 2 aliphatic heterocycles. The largest absolute Gasteiger partial charge is 0.487 e. The maximum Gasteiger partial charge on any atom is 0.408 e. The molecule has 3 amide bonds. The standard InChI is InChI=1S/C30H36N6O6/c1-20(2)14-26-28(38)31-23(17-37)12-13-36-16-24(34-35-36)19-41-25-10-8-21(9-11-25)15-27(29(39)32-26)33-30(40)42-18-22-6-4-3-5-7-22/h3-11,16-17,20,23,26-27H,12-15,18-19H2,1-2H3,(H,31,38)(H,32,39)(H,33,40)/t23-,26-,27-/m0/s1. The van der Waals surface area contributed by atoms with E-state index in [-0.39, 0.29) is 32.0 Å². The molecule has 12 nitrogen and oxygen atoms in total.